The maximum Gasteiger partial charge on any atom is 0.352 e. The molecule has 0 spiro atoms. The lowest BCUT2D eigenvalue weighted by Gasteiger charge is -2.44. The molecule has 1 saturated heterocycles. The number of primary amides is 1. The molecule has 0 unspecified atom stereocenters. The van der Waals surface area contributed by atoms with Crippen LogP contribution in [0.2, 0.25) is 0 Å². The third-order valence-electron chi connectivity index (χ3n) is 4.87. The van der Waals surface area contributed by atoms with Crippen molar-refractivity contribution in [3.05, 3.63) is 11.3 Å². The molecule has 3 aliphatic rings. The molecule has 0 aromatic rings. The minimum absolute atomic E-state index is 0.0162. The molecule has 1 fully saturated rings. The van der Waals surface area contributed by atoms with E-state index in [-0.39, 0.29) is 23.5 Å². The largest absolute Gasteiger partial charge is 0.477 e. The first-order chi connectivity index (χ1) is 11.1. The molecule has 0 radical (unpaired) electrons. The Morgan fingerprint density at radius 1 is 1.54 bits per heavy atom. The van der Waals surface area contributed by atoms with Gasteiger partial charge in [0.15, 0.2) is 5.84 Å². The number of rotatable bonds is 5. The highest BCUT2D eigenvalue weighted by Gasteiger charge is 2.57. The molecule has 9 heteroatoms. The van der Waals surface area contributed by atoms with Gasteiger partial charge >= 0.3 is 5.97 Å². The monoisotopic (exact) mass is 336 g/mol. The first-order valence-electron chi connectivity index (χ1n) is 7.73. The van der Waals surface area contributed by atoms with Crippen LogP contribution in [-0.4, -0.2) is 63.0 Å². The number of nitrogens with one attached hydrogen (secondary N) is 1. The van der Waals surface area contributed by atoms with Gasteiger partial charge in [-0.3, -0.25) is 14.6 Å². The topological polar surface area (TPSA) is 145 Å². The fourth-order valence-corrected chi connectivity index (χ4v) is 3.85. The van der Waals surface area contributed by atoms with Gasteiger partial charge in [0, 0.05) is 0 Å². The van der Waals surface area contributed by atoms with Crippen molar-refractivity contribution in [3.8, 4) is 0 Å². The normalized spacial score (nSPS) is 32.9. The van der Waals surface area contributed by atoms with E-state index in [0.717, 1.165) is 0 Å². The SMILES string of the molecule is C[C@@H](O)[C@H]1C(=O)N2C(C(=O)O)=C(C[C@@]3(C)CN=C(C(N)=O)N3)C[C@H]12. The number of hydrogen-bond acceptors (Lipinski definition) is 6. The molecule has 3 rings (SSSR count). The highest BCUT2D eigenvalue weighted by molar-refractivity contribution is 6.37. The van der Waals surface area contributed by atoms with E-state index in [1.54, 1.807) is 0 Å². The van der Waals surface area contributed by atoms with Gasteiger partial charge in [0.25, 0.3) is 5.91 Å². The number of nitrogens with two attached hydrogens (primary N) is 1. The Bertz CT molecular complexity index is 698. The van der Waals surface area contributed by atoms with E-state index in [9.17, 15) is 24.6 Å². The summed E-state index contributed by atoms with van der Waals surface area (Å²) in [6.45, 7) is 3.65. The third-order valence-corrected chi connectivity index (χ3v) is 4.87. The summed E-state index contributed by atoms with van der Waals surface area (Å²) in [5.74, 6) is -2.68. The number of nitrogens with zero attached hydrogens (tertiary/aromatic N) is 2. The summed E-state index contributed by atoms with van der Waals surface area (Å²) in [5, 5.41) is 22.2. The Hall–Kier alpha value is -2.42. The zero-order valence-electron chi connectivity index (χ0n) is 13.4. The maximum absolute atomic E-state index is 12.2. The molecule has 130 valence electrons. The number of β-lactam (4-membered cyclic amide) rings is 1. The number of amidine groups is 1. The Kier molecular flexibility index (Phi) is 3.63. The van der Waals surface area contributed by atoms with Crippen LogP contribution in [0, 0.1) is 5.92 Å². The van der Waals surface area contributed by atoms with Crippen molar-refractivity contribution < 1.29 is 24.6 Å². The highest BCUT2D eigenvalue weighted by Crippen LogP contribution is 2.45. The number of carboxylic acid groups (broad SMARTS) is 1. The number of carboxylic acids is 1. The number of aliphatic hydroxyl groups is 1. The van der Waals surface area contributed by atoms with Crippen LogP contribution < -0.4 is 11.1 Å². The lowest BCUT2D eigenvalue weighted by Crippen LogP contribution is -2.61. The lowest BCUT2D eigenvalue weighted by atomic mass is 9.82. The molecule has 3 aliphatic heterocycles. The van der Waals surface area contributed by atoms with Crippen LogP contribution in [0.1, 0.15) is 26.7 Å². The van der Waals surface area contributed by atoms with E-state index >= 15 is 0 Å². The second-order valence-corrected chi connectivity index (χ2v) is 6.89. The number of carbonyl (C=O) groups excluding carboxylic acids is 2. The third kappa shape index (κ3) is 2.35. The average Bonchev–Trinajstić information content (AvgIpc) is 2.98. The zero-order chi connectivity index (χ0) is 17.8. The summed E-state index contributed by atoms with van der Waals surface area (Å²) >= 11 is 0. The number of aliphatic imine (C=N–C) groups is 1. The van der Waals surface area contributed by atoms with Crippen molar-refractivity contribution in [1.29, 1.82) is 0 Å². The van der Waals surface area contributed by atoms with E-state index in [4.69, 9.17) is 5.73 Å². The predicted molar refractivity (Wildman–Crippen MR) is 82.7 cm³/mol. The van der Waals surface area contributed by atoms with Crippen LogP contribution in [0.4, 0.5) is 0 Å². The van der Waals surface area contributed by atoms with Crippen LogP contribution in [0.25, 0.3) is 0 Å². The quantitative estimate of drug-likeness (QED) is 0.453. The lowest BCUT2D eigenvalue weighted by molar-refractivity contribution is -0.161. The Labute approximate surface area is 138 Å². The highest BCUT2D eigenvalue weighted by atomic mass is 16.4. The number of aliphatic hydroxyl groups excluding tert-OH is 1. The smallest absolute Gasteiger partial charge is 0.352 e. The molecule has 0 aromatic carbocycles. The molecule has 9 nitrogen and oxygen atoms in total. The summed E-state index contributed by atoms with van der Waals surface area (Å²) in [4.78, 5) is 40.3. The molecule has 0 aromatic heterocycles. The van der Waals surface area contributed by atoms with Crippen molar-refractivity contribution in [3.63, 3.8) is 0 Å². The van der Waals surface area contributed by atoms with E-state index < -0.39 is 29.4 Å². The second-order valence-electron chi connectivity index (χ2n) is 6.89. The van der Waals surface area contributed by atoms with Crippen LogP contribution in [-0.2, 0) is 14.4 Å². The minimum Gasteiger partial charge on any atom is -0.477 e. The van der Waals surface area contributed by atoms with Crippen LogP contribution in [0.15, 0.2) is 16.3 Å². The van der Waals surface area contributed by atoms with Crippen molar-refractivity contribution in [2.45, 2.75) is 44.4 Å². The van der Waals surface area contributed by atoms with Gasteiger partial charge in [-0.05, 0) is 32.3 Å². The standard InChI is InChI=1S/C15H20N4O5/c1-6(20)9-8-3-7(10(14(23)24)19(8)13(9)22)4-15(2)5-17-12(18-15)11(16)21/h6,8-9,20H,3-5H2,1-2H3,(H2,16,21)(H,17,18)(H,23,24)/t6-,8-,9-,15+/m1/s1. The fourth-order valence-electron chi connectivity index (χ4n) is 3.85. The Morgan fingerprint density at radius 3 is 2.71 bits per heavy atom. The number of amides is 2. The molecule has 4 atom stereocenters. The van der Waals surface area contributed by atoms with Crippen molar-refractivity contribution in [1.82, 2.24) is 10.2 Å². The van der Waals surface area contributed by atoms with E-state index in [1.807, 2.05) is 6.92 Å². The van der Waals surface area contributed by atoms with Gasteiger partial charge in [0.2, 0.25) is 5.91 Å². The molecule has 24 heavy (non-hydrogen) atoms. The summed E-state index contributed by atoms with van der Waals surface area (Å²) < 4.78 is 0. The van der Waals surface area contributed by atoms with E-state index in [2.05, 4.69) is 10.3 Å². The van der Waals surface area contributed by atoms with Crippen molar-refractivity contribution in [2.75, 3.05) is 6.54 Å². The molecule has 0 bridgehead atoms. The molecule has 0 aliphatic carbocycles. The molecule has 2 amide bonds. The average molecular weight is 336 g/mol. The zero-order valence-corrected chi connectivity index (χ0v) is 13.4. The van der Waals surface area contributed by atoms with Crippen molar-refractivity contribution in [2.24, 2.45) is 16.6 Å². The molecule has 0 saturated carbocycles. The molecule has 3 heterocycles. The van der Waals surface area contributed by atoms with Crippen molar-refractivity contribution >= 4 is 23.6 Å². The molecular weight excluding hydrogens is 316 g/mol. The van der Waals surface area contributed by atoms with Gasteiger partial charge < -0.3 is 26.2 Å². The first kappa shape index (κ1) is 16.4. The predicted octanol–water partition coefficient (Wildman–Crippen LogP) is -1.43. The molecular formula is C15H20N4O5. The number of carbonyl (C=O) groups is 3. The van der Waals surface area contributed by atoms with Gasteiger partial charge in [-0.2, -0.15) is 0 Å². The Morgan fingerprint density at radius 2 is 2.21 bits per heavy atom. The second kappa shape index (κ2) is 5.30. The van der Waals surface area contributed by atoms with Crippen LogP contribution in [0.3, 0.4) is 0 Å². The number of fused-ring (bicyclic) bond motifs is 1. The van der Waals surface area contributed by atoms with Gasteiger partial charge in [-0.1, -0.05) is 0 Å². The number of aliphatic carboxylic acids is 1. The van der Waals surface area contributed by atoms with Gasteiger partial charge in [-0.25, -0.2) is 4.79 Å². The summed E-state index contributed by atoms with van der Waals surface area (Å²) in [6, 6.07) is -0.319. The number of hydrogen-bond donors (Lipinski definition) is 4. The van der Waals surface area contributed by atoms with Crippen LogP contribution in [0.5, 0.6) is 0 Å². The van der Waals surface area contributed by atoms with E-state index in [1.165, 1.54) is 11.8 Å². The minimum atomic E-state index is -1.16. The molecule has 5 N–H and O–H groups in total. The van der Waals surface area contributed by atoms with Gasteiger partial charge in [-0.15, -0.1) is 0 Å². The van der Waals surface area contributed by atoms with Crippen LogP contribution >= 0.6 is 0 Å². The Balaban J connectivity index is 1.82. The van der Waals surface area contributed by atoms with Gasteiger partial charge in [0.05, 0.1) is 30.1 Å². The maximum atomic E-state index is 12.2. The van der Waals surface area contributed by atoms with E-state index in [0.29, 0.717) is 25.0 Å². The first-order valence-corrected chi connectivity index (χ1v) is 7.73. The summed E-state index contributed by atoms with van der Waals surface area (Å²) in [5.41, 5.74) is 5.17. The van der Waals surface area contributed by atoms with Gasteiger partial charge in [0.1, 0.15) is 5.70 Å². The fraction of sp³-hybridized carbons (Fsp3) is 0.600. The summed E-state index contributed by atoms with van der Waals surface area (Å²) in [7, 11) is 0. The summed E-state index contributed by atoms with van der Waals surface area (Å²) in [6.07, 6.45) is -0.105.